The maximum Gasteiger partial charge on any atom is 0.191 e. The van der Waals surface area contributed by atoms with Crippen molar-refractivity contribution in [3.63, 3.8) is 0 Å². The van der Waals surface area contributed by atoms with Crippen LogP contribution in [0, 0.1) is 5.92 Å². The summed E-state index contributed by atoms with van der Waals surface area (Å²) in [5.74, 6) is 2.19. The molecule has 1 aromatic carbocycles. The second-order valence-corrected chi connectivity index (χ2v) is 8.02. The quantitative estimate of drug-likeness (QED) is 0.476. The first-order valence-corrected chi connectivity index (χ1v) is 11.0. The average Bonchev–Trinajstić information content (AvgIpc) is 2.81. The van der Waals surface area contributed by atoms with Gasteiger partial charge in [0.15, 0.2) is 5.96 Å². The largest absolute Gasteiger partial charge is 0.487 e. The second-order valence-electron chi connectivity index (χ2n) is 8.02. The molecule has 0 spiro atoms. The van der Waals surface area contributed by atoms with Crippen molar-refractivity contribution in [2.45, 2.75) is 33.0 Å². The first-order valence-electron chi connectivity index (χ1n) is 11.0. The smallest absolute Gasteiger partial charge is 0.191 e. The first kappa shape index (κ1) is 23.0. The number of nitrogens with one attached hydrogen (secondary N) is 2. The van der Waals surface area contributed by atoms with Crippen molar-refractivity contribution in [3.8, 4) is 5.75 Å². The van der Waals surface area contributed by atoms with E-state index in [9.17, 15) is 0 Å². The lowest BCUT2D eigenvalue weighted by molar-refractivity contribution is 0.00752. The van der Waals surface area contributed by atoms with Crippen LogP contribution in [0.4, 0.5) is 0 Å². The summed E-state index contributed by atoms with van der Waals surface area (Å²) >= 11 is 0. The lowest BCUT2D eigenvalue weighted by Crippen LogP contribution is -2.52. The summed E-state index contributed by atoms with van der Waals surface area (Å²) < 4.78 is 11.4. The van der Waals surface area contributed by atoms with Gasteiger partial charge in [-0.15, -0.1) is 0 Å². The van der Waals surface area contributed by atoms with E-state index in [1.807, 2.05) is 36.4 Å². The van der Waals surface area contributed by atoms with Gasteiger partial charge in [-0.3, -0.25) is 14.9 Å². The van der Waals surface area contributed by atoms with Gasteiger partial charge < -0.3 is 20.1 Å². The zero-order chi connectivity index (χ0) is 21.9. The third-order valence-corrected chi connectivity index (χ3v) is 5.46. The van der Waals surface area contributed by atoms with Crippen LogP contribution in [-0.2, 0) is 17.9 Å². The van der Waals surface area contributed by atoms with Gasteiger partial charge in [0, 0.05) is 45.5 Å². The Morgan fingerprint density at radius 2 is 2.00 bits per heavy atom. The Bertz CT molecular complexity index is 807. The van der Waals surface area contributed by atoms with Gasteiger partial charge in [-0.05, 0) is 35.7 Å². The molecule has 31 heavy (non-hydrogen) atoms. The predicted molar refractivity (Wildman–Crippen MR) is 124 cm³/mol. The summed E-state index contributed by atoms with van der Waals surface area (Å²) in [6, 6.07) is 14.4. The van der Waals surface area contributed by atoms with E-state index in [-0.39, 0.29) is 0 Å². The summed E-state index contributed by atoms with van der Waals surface area (Å²) in [6.45, 7) is 10.1. The molecule has 0 aliphatic carbocycles. The van der Waals surface area contributed by atoms with Crippen LogP contribution in [0.15, 0.2) is 53.7 Å². The van der Waals surface area contributed by atoms with Crippen LogP contribution in [0.3, 0.4) is 0 Å². The number of aromatic nitrogens is 1. The minimum atomic E-state index is 0.450. The van der Waals surface area contributed by atoms with Gasteiger partial charge in [0.05, 0.1) is 18.9 Å². The second kappa shape index (κ2) is 12.3. The van der Waals surface area contributed by atoms with Gasteiger partial charge in [0.1, 0.15) is 12.4 Å². The van der Waals surface area contributed by atoms with Crippen molar-refractivity contribution in [3.05, 3.63) is 59.9 Å². The van der Waals surface area contributed by atoms with Gasteiger partial charge in [-0.1, -0.05) is 32.0 Å². The lowest BCUT2D eigenvalue weighted by atomic mass is 10.0. The molecule has 1 saturated heterocycles. The van der Waals surface area contributed by atoms with Crippen LogP contribution in [0.25, 0.3) is 0 Å². The highest BCUT2D eigenvalue weighted by Crippen LogP contribution is 2.15. The summed E-state index contributed by atoms with van der Waals surface area (Å²) in [6.07, 6.45) is 1.78. The van der Waals surface area contributed by atoms with Crippen LogP contribution < -0.4 is 15.4 Å². The first-order chi connectivity index (χ1) is 15.2. The van der Waals surface area contributed by atoms with Crippen molar-refractivity contribution < 1.29 is 9.47 Å². The Morgan fingerprint density at radius 1 is 1.16 bits per heavy atom. The normalized spacial score (nSPS) is 16.2. The zero-order valence-electron chi connectivity index (χ0n) is 18.9. The maximum absolute atomic E-state index is 5.89. The number of ether oxygens (including phenoxy) is 2. The molecule has 0 bridgehead atoms. The lowest BCUT2D eigenvalue weighted by Gasteiger charge is -2.37. The Balaban J connectivity index is 1.48. The molecule has 3 rings (SSSR count). The summed E-state index contributed by atoms with van der Waals surface area (Å²) in [5.41, 5.74) is 2.05. The van der Waals surface area contributed by atoms with Gasteiger partial charge in [-0.25, -0.2) is 0 Å². The van der Waals surface area contributed by atoms with Gasteiger partial charge in [0.25, 0.3) is 0 Å². The summed E-state index contributed by atoms with van der Waals surface area (Å²) in [7, 11) is 1.81. The molecule has 2 N–H and O–H groups in total. The highest BCUT2D eigenvalue weighted by Gasteiger charge is 2.23. The Hall–Kier alpha value is -2.64. The molecule has 0 radical (unpaired) electrons. The van der Waals surface area contributed by atoms with Gasteiger partial charge >= 0.3 is 0 Å². The number of pyridine rings is 1. The van der Waals surface area contributed by atoms with Gasteiger partial charge in [-0.2, -0.15) is 0 Å². The Morgan fingerprint density at radius 3 is 2.71 bits per heavy atom. The molecule has 1 unspecified atom stereocenters. The predicted octanol–water partition coefficient (Wildman–Crippen LogP) is 2.68. The van der Waals surface area contributed by atoms with Crippen molar-refractivity contribution in [1.82, 2.24) is 20.5 Å². The van der Waals surface area contributed by atoms with E-state index in [0.29, 0.717) is 25.1 Å². The van der Waals surface area contributed by atoms with E-state index in [4.69, 9.17) is 9.47 Å². The van der Waals surface area contributed by atoms with E-state index in [2.05, 4.69) is 45.4 Å². The minimum absolute atomic E-state index is 0.450. The molecule has 1 aliphatic heterocycles. The van der Waals surface area contributed by atoms with Crippen LogP contribution in [-0.4, -0.2) is 61.8 Å². The van der Waals surface area contributed by atoms with E-state index in [1.54, 1.807) is 13.2 Å². The molecule has 2 heterocycles. The number of nitrogens with zero attached hydrogens (tertiary/aromatic N) is 3. The number of aliphatic imine (C=N–C) groups is 1. The fourth-order valence-corrected chi connectivity index (χ4v) is 3.69. The number of morpholine rings is 1. The van der Waals surface area contributed by atoms with E-state index >= 15 is 0 Å². The molecule has 7 heteroatoms. The van der Waals surface area contributed by atoms with Gasteiger partial charge in [0.2, 0.25) is 0 Å². The topological polar surface area (TPSA) is 71.0 Å². The average molecular weight is 426 g/mol. The molecule has 1 fully saturated rings. The van der Waals surface area contributed by atoms with E-state index in [1.165, 1.54) is 0 Å². The molecule has 168 valence electrons. The zero-order valence-corrected chi connectivity index (χ0v) is 18.9. The number of benzene rings is 1. The summed E-state index contributed by atoms with van der Waals surface area (Å²) in [4.78, 5) is 11.2. The SMILES string of the molecule is CN=C(NCc1cccc(OCc2ccccn2)c1)NCC(C(C)C)N1CCOCC1. The molecule has 1 aliphatic rings. The number of hydrogen-bond acceptors (Lipinski definition) is 5. The molecular weight excluding hydrogens is 390 g/mol. The molecule has 1 aromatic heterocycles. The highest BCUT2D eigenvalue weighted by molar-refractivity contribution is 5.79. The molecule has 0 amide bonds. The number of guanidine groups is 1. The third kappa shape index (κ3) is 7.52. The fraction of sp³-hybridized carbons (Fsp3) is 0.500. The highest BCUT2D eigenvalue weighted by atomic mass is 16.5. The van der Waals surface area contributed by atoms with Crippen molar-refractivity contribution in [2.24, 2.45) is 10.9 Å². The molecule has 1 atom stereocenters. The number of hydrogen-bond donors (Lipinski definition) is 2. The third-order valence-electron chi connectivity index (χ3n) is 5.46. The van der Waals surface area contributed by atoms with Crippen LogP contribution in [0.5, 0.6) is 5.75 Å². The molecule has 2 aromatic rings. The molecule has 0 saturated carbocycles. The Labute approximate surface area is 185 Å². The van der Waals surface area contributed by atoms with Crippen LogP contribution in [0.2, 0.25) is 0 Å². The monoisotopic (exact) mass is 425 g/mol. The maximum atomic E-state index is 5.89. The van der Waals surface area contributed by atoms with Crippen molar-refractivity contribution >= 4 is 5.96 Å². The molecular formula is C24H35N5O2. The minimum Gasteiger partial charge on any atom is -0.487 e. The standard InChI is InChI=1S/C24H35N5O2/c1-19(2)23(29-11-13-30-14-12-29)17-28-24(25-3)27-16-20-7-6-9-22(15-20)31-18-21-8-4-5-10-26-21/h4-10,15,19,23H,11-14,16-18H2,1-3H3,(H2,25,27,28). The van der Waals surface area contributed by atoms with E-state index in [0.717, 1.165) is 55.8 Å². The summed E-state index contributed by atoms with van der Waals surface area (Å²) in [5, 5.41) is 6.91. The van der Waals surface area contributed by atoms with Crippen LogP contribution >= 0.6 is 0 Å². The van der Waals surface area contributed by atoms with E-state index < -0.39 is 0 Å². The Kier molecular flexibility index (Phi) is 9.12. The van der Waals surface area contributed by atoms with Crippen molar-refractivity contribution in [2.75, 3.05) is 39.9 Å². The molecule has 7 nitrogen and oxygen atoms in total. The fourth-order valence-electron chi connectivity index (χ4n) is 3.69. The van der Waals surface area contributed by atoms with Crippen LogP contribution in [0.1, 0.15) is 25.1 Å². The number of rotatable bonds is 9. The van der Waals surface area contributed by atoms with Crippen molar-refractivity contribution in [1.29, 1.82) is 0 Å².